The van der Waals surface area contributed by atoms with Crippen molar-refractivity contribution in [3.8, 4) is 34.5 Å². The van der Waals surface area contributed by atoms with Crippen LogP contribution in [0.2, 0.25) is 0 Å². The molecule has 0 aliphatic rings. The third-order valence-corrected chi connectivity index (χ3v) is 14.1. The number of halogens is 1. The Morgan fingerprint density at radius 3 is 1.07 bits per heavy atom. The first-order valence-electron chi connectivity index (χ1n) is 12.5. The van der Waals surface area contributed by atoms with Crippen LogP contribution >= 0.6 is 6.83 Å². The summed E-state index contributed by atoms with van der Waals surface area (Å²) in [5.41, 5.74) is 0. The zero-order valence-electron chi connectivity index (χ0n) is 24.0. The molecule has 0 fully saturated rings. The van der Waals surface area contributed by atoms with Crippen molar-refractivity contribution in [3.05, 3.63) is 54.6 Å². The molecule has 0 saturated heterocycles. The van der Waals surface area contributed by atoms with Crippen LogP contribution in [-0.4, -0.2) is 60.0 Å². The van der Waals surface area contributed by atoms with E-state index in [2.05, 4.69) is 0 Å². The summed E-state index contributed by atoms with van der Waals surface area (Å²) in [5, 5.41) is 11.6. The van der Waals surface area contributed by atoms with Gasteiger partial charge in [0.1, 0.15) is 0 Å². The van der Waals surface area contributed by atoms with Gasteiger partial charge in [-0.15, -0.1) is 0 Å². The van der Waals surface area contributed by atoms with Gasteiger partial charge < -0.3 is 0 Å². The number of benzene rings is 3. The van der Waals surface area contributed by atoms with Crippen molar-refractivity contribution in [1.82, 2.24) is 0 Å². The van der Waals surface area contributed by atoms with Crippen molar-refractivity contribution in [1.29, 1.82) is 0 Å². The van der Waals surface area contributed by atoms with Gasteiger partial charge in [-0.05, 0) is 0 Å². The monoisotopic (exact) mass is 614 g/mol. The minimum atomic E-state index is -5.55. The van der Waals surface area contributed by atoms with Crippen LogP contribution in [0, 0.1) is 10.2 Å². The number of hydrogen-bond donors (Lipinski definition) is 1. The molecule has 226 valence electrons. The van der Waals surface area contributed by atoms with Gasteiger partial charge in [-0.2, -0.15) is 0 Å². The van der Waals surface area contributed by atoms with Gasteiger partial charge in [0.05, 0.1) is 0 Å². The first-order chi connectivity index (χ1) is 19.5. The molecule has 0 saturated carbocycles. The predicted octanol–water partition coefficient (Wildman–Crippen LogP) is 0.168. The number of methoxy groups -OCH3 is 6. The summed E-state index contributed by atoms with van der Waals surface area (Å²) < 4.78 is 80.4. The Morgan fingerprint density at radius 2 is 0.878 bits per heavy atom. The Hall–Kier alpha value is -3.02. The van der Waals surface area contributed by atoms with E-state index < -0.39 is 29.3 Å². The van der Waals surface area contributed by atoms with E-state index in [1.54, 1.807) is 61.5 Å². The zero-order valence-corrected chi connectivity index (χ0v) is 25.7. The first kappa shape index (κ1) is 32.5. The van der Waals surface area contributed by atoms with Crippen molar-refractivity contribution in [2.45, 2.75) is 19.4 Å². The van der Waals surface area contributed by atoms with Crippen LogP contribution in [-0.2, 0) is 4.08 Å². The van der Waals surface area contributed by atoms with Gasteiger partial charge >= 0.3 is 242 Å². The summed E-state index contributed by atoms with van der Waals surface area (Å²) in [6, 6.07) is 14.3. The van der Waals surface area contributed by atoms with Crippen LogP contribution in [0.3, 0.4) is 0 Å². The molecule has 0 radical (unpaired) electrons. The van der Waals surface area contributed by atoms with E-state index in [0.29, 0.717) is 0 Å². The van der Waals surface area contributed by atoms with Crippen molar-refractivity contribution < 1.29 is 61.8 Å². The number of rotatable bonds is 14. The van der Waals surface area contributed by atoms with E-state index >= 15 is 0 Å². The molecule has 1 unspecified atom stereocenters. The normalized spacial score (nSPS) is 13.5. The molecular weight excluding hydrogens is 579 g/mol. The molecule has 11 nitrogen and oxygen atoms in total. The summed E-state index contributed by atoms with van der Waals surface area (Å²) in [7, 11) is 3.00. The van der Waals surface area contributed by atoms with Crippen molar-refractivity contribution >= 4 is 22.7 Å². The number of aliphatic hydroxyl groups is 1. The van der Waals surface area contributed by atoms with E-state index in [1.807, 2.05) is 0 Å². The topological polar surface area (TPSA) is 154 Å². The molecule has 0 heterocycles. The molecule has 0 bridgehead atoms. The molecule has 0 aliphatic carbocycles. The van der Waals surface area contributed by atoms with E-state index in [9.17, 15) is 19.1 Å². The standard InChI is InChI=1S/C28H36ClO11P/c1-8-19(30)18-41(40-29(31,32)33,26-20(34-2)12-9-13-21(26)35-3,27-22(36-4)14-10-15-23(27)37-5)28-24(38-6)16-11-17-25(28)39-7/h9-17,19,30H,8,18H2,1-7H3. The molecule has 1 N–H and O–H groups in total. The Kier molecular flexibility index (Phi) is 10.2. The molecule has 13 heteroatoms. The summed E-state index contributed by atoms with van der Waals surface area (Å²) >= 11 is 0. The SMILES string of the molecule is CCC(O)CP(O[Cl+3]([O-])([O-])[O-])(c1c(OC)cccc1OC)(c1c(OC)cccc1OC)c1c(OC)cccc1OC. The molecule has 0 spiro atoms. The molecule has 0 aliphatic heterocycles. The van der Waals surface area contributed by atoms with E-state index in [-0.39, 0.29) is 56.8 Å². The summed E-state index contributed by atoms with van der Waals surface area (Å²) in [6.45, 7) is -3.85. The average Bonchev–Trinajstić information content (AvgIpc) is 2.98. The van der Waals surface area contributed by atoms with Crippen LogP contribution in [0.1, 0.15) is 13.3 Å². The van der Waals surface area contributed by atoms with Crippen LogP contribution in [0.25, 0.3) is 0 Å². The van der Waals surface area contributed by atoms with Crippen LogP contribution in [0.15, 0.2) is 54.6 Å². The molecular formula is C28H36ClO11P. The van der Waals surface area contributed by atoms with Crippen LogP contribution in [0.4, 0.5) is 0 Å². The van der Waals surface area contributed by atoms with Gasteiger partial charge in [0.2, 0.25) is 0 Å². The second-order valence-corrected chi connectivity index (χ2v) is 14.4. The average molecular weight is 615 g/mol. The zero-order chi connectivity index (χ0) is 30.4. The summed E-state index contributed by atoms with van der Waals surface area (Å²) in [6.07, 6.45) is -1.58. The van der Waals surface area contributed by atoms with Crippen LogP contribution < -0.4 is 58.3 Å². The van der Waals surface area contributed by atoms with Crippen LogP contribution in [0.5, 0.6) is 34.5 Å². The molecule has 0 amide bonds. The number of ether oxygens (including phenoxy) is 6. The van der Waals surface area contributed by atoms with E-state index in [0.717, 1.165) is 0 Å². The molecule has 41 heavy (non-hydrogen) atoms. The molecule has 0 aromatic heterocycles. The first-order valence-corrected chi connectivity index (χ1v) is 16.0. The maximum atomic E-state index is 13.1. The van der Waals surface area contributed by atoms with Gasteiger partial charge in [-0.25, -0.2) is 0 Å². The molecule has 3 aromatic rings. The fourth-order valence-corrected chi connectivity index (χ4v) is 14.0. The van der Waals surface area contributed by atoms with Gasteiger partial charge in [-0.3, -0.25) is 0 Å². The van der Waals surface area contributed by atoms with E-state index in [1.165, 1.54) is 42.7 Å². The number of aliphatic hydroxyl groups excluding tert-OH is 1. The Labute approximate surface area is 241 Å². The second kappa shape index (κ2) is 12.9. The van der Waals surface area contributed by atoms with Crippen molar-refractivity contribution in [2.75, 3.05) is 48.8 Å². The third-order valence-electron chi connectivity index (χ3n) is 6.89. The second-order valence-electron chi connectivity index (χ2n) is 8.94. The van der Waals surface area contributed by atoms with Crippen molar-refractivity contribution in [2.24, 2.45) is 0 Å². The van der Waals surface area contributed by atoms with Crippen molar-refractivity contribution in [3.63, 3.8) is 0 Å². The minimum absolute atomic E-state index is 0.0357. The van der Waals surface area contributed by atoms with Gasteiger partial charge in [0, 0.05) is 0 Å². The molecule has 3 aromatic carbocycles. The predicted molar refractivity (Wildman–Crippen MR) is 147 cm³/mol. The molecule has 1 atom stereocenters. The fourth-order valence-electron chi connectivity index (χ4n) is 5.35. The fraction of sp³-hybridized carbons (Fsp3) is 0.357. The summed E-state index contributed by atoms with van der Waals surface area (Å²) in [4.78, 5) is 0. The third kappa shape index (κ3) is 5.59. The Morgan fingerprint density at radius 1 is 0.610 bits per heavy atom. The van der Waals surface area contributed by atoms with Gasteiger partial charge in [0.25, 0.3) is 0 Å². The summed E-state index contributed by atoms with van der Waals surface area (Å²) in [5.74, 6) is 0.612. The Bertz CT molecular complexity index is 1140. The maximum absolute atomic E-state index is 13.1. The molecule has 3 rings (SSSR count). The Balaban J connectivity index is 3.01. The van der Waals surface area contributed by atoms with Gasteiger partial charge in [0.15, 0.2) is 0 Å². The van der Waals surface area contributed by atoms with E-state index in [4.69, 9.17) is 32.5 Å². The quantitative estimate of drug-likeness (QED) is 0.247. The number of hydrogen-bond acceptors (Lipinski definition) is 11. The van der Waals surface area contributed by atoms with Gasteiger partial charge in [-0.1, -0.05) is 0 Å².